The minimum Gasteiger partial charge on any atom is -0.329 e. The minimum absolute atomic E-state index is 0.125. The van der Waals surface area contributed by atoms with E-state index >= 15 is 0 Å². The molecule has 0 N–H and O–H groups in total. The maximum atomic E-state index is 12.5. The molecular weight excluding hydrogens is 327 g/mol. The molecule has 10 heteroatoms. The Morgan fingerprint density at radius 1 is 1.25 bits per heavy atom. The summed E-state index contributed by atoms with van der Waals surface area (Å²) in [4.78, 5) is 23.5. The largest absolute Gasteiger partial charge is 0.471 e. The van der Waals surface area contributed by atoms with Gasteiger partial charge in [-0.15, -0.1) is 0 Å². The van der Waals surface area contributed by atoms with Crippen LogP contribution in [0.2, 0.25) is 0 Å². The summed E-state index contributed by atoms with van der Waals surface area (Å²) in [5, 5.41) is 3.24. The molecule has 0 fully saturated rings. The van der Waals surface area contributed by atoms with Gasteiger partial charge in [0.05, 0.1) is 6.54 Å². The fourth-order valence-corrected chi connectivity index (χ4v) is 1.89. The number of halogens is 3. The first-order valence-electron chi connectivity index (χ1n) is 6.72. The summed E-state index contributed by atoms with van der Waals surface area (Å²) >= 11 is 0. The lowest BCUT2D eigenvalue weighted by atomic mass is 10.2. The Balaban J connectivity index is 1.86. The lowest BCUT2D eigenvalue weighted by molar-refractivity contribution is -0.159. The van der Waals surface area contributed by atoms with Crippen LogP contribution >= 0.6 is 0 Å². The molecule has 0 amide bonds. The Kier molecular flexibility index (Phi) is 3.87. The van der Waals surface area contributed by atoms with Crippen LogP contribution < -0.4 is 5.56 Å². The van der Waals surface area contributed by atoms with Crippen molar-refractivity contribution in [1.82, 2.24) is 24.7 Å². The highest BCUT2D eigenvalue weighted by atomic mass is 19.4. The van der Waals surface area contributed by atoms with Crippen LogP contribution in [0.5, 0.6) is 0 Å². The summed E-state index contributed by atoms with van der Waals surface area (Å²) in [5.41, 5.74) is 0.564. The summed E-state index contributed by atoms with van der Waals surface area (Å²) in [6, 6.07) is 2.54. The highest BCUT2D eigenvalue weighted by Crippen LogP contribution is 2.28. The van der Waals surface area contributed by atoms with E-state index < -0.39 is 17.6 Å². The first-order chi connectivity index (χ1) is 11.3. The van der Waals surface area contributed by atoms with E-state index in [1.54, 1.807) is 12.4 Å². The van der Waals surface area contributed by atoms with Gasteiger partial charge in [-0.05, 0) is 18.6 Å². The third kappa shape index (κ3) is 3.31. The van der Waals surface area contributed by atoms with Gasteiger partial charge in [-0.1, -0.05) is 5.16 Å². The molecule has 7 nitrogen and oxygen atoms in total. The molecule has 0 saturated heterocycles. The number of alkyl halides is 3. The van der Waals surface area contributed by atoms with Gasteiger partial charge in [-0.2, -0.15) is 18.2 Å². The van der Waals surface area contributed by atoms with Gasteiger partial charge in [0, 0.05) is 30.2 Å². The Bertz CT molecular complexity index is 915. The predicted octanol–water partition coefficient (Wildman–Crippen LogP) is 2.06. The van der Waals surface area contributed by atoms with Gasteiger partial charge < -0.3 is 9.09 Å². The second-order valence-corrected chi connectivity index (χ2v) is 4.98. The Morgan fingerprint density at radius 3 is 2.54 bits per heavy atom. The number of pyridine rings is 1. The predicted molar refractivity (Wildman–Crippen MR) is 74.9 cm³/mol. The third-order valence-corrected chi connectivity index (χ3v) is 3.07. The summed E-state index contributed by atoms with van der Waals surface area (Å²) in [6.07, 6.45) is -0.0764. The van der Waals surface area contributed by atoms with E-state index in [0.29, 0.717) is 5.82 Å². The summed E-state index contributed by atoms with van der Waals surface area (Å²) in [7, 11) is 0. The van der Waals surface area contributed by atoms with Gasteiger partial charge in [-0.25, -0.2) is 9.97 Å². The summed E-state index contributed by atoms with van der Waals surface area (Å²) in [6.45, 7) is 1.98. The van der Waals surface area contributed by atoms with Crippen LogP contribution in [0.4, 0.5) is 13.2 Å². The van der Waals surface area contributed by atoms with Crippen molar-refractivity contribution in [3.63, 3.8) is 0 Å². The molecule has 0 saturated carbocycles. The molecule has 3 heterocycles. The van der Waals surface area contributed by atoms with Crippen molar-refractivity contribution >= 4 is 0 Å². The minimum atomic E-state index is -4.73. The zero-order chi connectivity index (χ0) is 17.3. The van der Waals surface area contributed by atoms with Crippen LogP contribution in [0.15, 0.2) is 40.0 Å². The second kappa shape index (κ2) is 5.87. The number of aryl methyl sites for hydroxylation is 1. The van der Waals surface area contributed by atoms with Crippen LogP contribution in [0.1, 0.15) is 17.3 Å². The highest BCUT2D eigenvalue weighted by molar-refractivity contribution is 5.52. The highest BCUT2D eigenvalue weighted by Gasteiger charge is 2.38. The maximum absolute atomic E-state index is 12.5. The van der Waals surface area contributed by atoms with Gasteiger partial charge in [0.25, 0.3) is 5.56 Å². The van der Waals surface area contributed by atoms with Crippen molar-refractivity contribution in [3.8, 4) is 11.4 Å². The number of aromatic nitrogens is 5. The number of rotatable bonds is 3. The zero-order valence-corrected chi connectivity index (χ0v) is 12.3. The van der Waals surface area contributed by atoms with Crippen LogP contribution in [-0.4, -0.2) is 24.7 Å². The van der Waals surface area contributed by atoms with Crippen LogP contribution in [0.25, 0.3) is 11.4 Å². The lowest BCUT2D eigenvalue weighted by Crippen LogP contribution is -2.20. The van der Waals surface area contributed by atoms with Crippen LogP contribution in [-0.2, 0) is 12.7 Å². The van der Waals surface area contributed by atoms with Crippen molar-refractivity contribution in [2.75, 3.05) is 0 Å². The molecule has 0 aromatic carbocycles. The first-order valence-corrected chi connectivity index (χ1v) is 6.72. The van der Waals surface area contributed by atoms with Gasteiger partial charge >= 0.3 is 12.1 Å². The van der Waals surface area contributed by atoms with Gasteiger partial charge in [0.1, 0.15) is 5.82 Å². The molecule has 124 valence electrons. The average molecular weight is 337 g/mol. The molecule has 3 aromatic heterocycles. The molecule has 3 aromatic rings. The van der Waals surface area contributed by atoms with E-state index in [0.717, 1.165) is 11.6 Å². The summed E-state index contributed by atoms with van der Waals surface area (Å²) < 4.78 is 42.8. The Labute approximate surface area is 132 Å². The second-order valence-electron chi connectivity index (χ2n) is 4.98. The third-order valence-electron chi connectivity index (χ3n) is 3.07. The topological polar surface area (TPSA) is 86.7 Å². The normalized spacial score (nSPS) is 11.7. The molecule has 24 heavy (non-hydrogen) atoms. The smallest absolute Gasteiger partial charge is 0.329 e. The standard InChI is InChI=1S/C14H10F3N5O2/c1-8-5-18-10(19-6-8)7-22-3-2-9(4-11(22)23)12-20-13(24-21-12)14(15,16)17/h2-6H,7H2,1H3. The van der Waals surface area contributed by atoms with E-state index in [1.165, 1.54) is 16.8 Å². The van der Waals surface area contributed by atoms with E-state index in [4.69, 9.17) is 0 Å². The first kappa shape index (κ1) is 15.8. The Hall–Kier alpha value is -3.04. The van der Waals surface area contributed by atoms with E-state index in [2.05, 4.69) is 24.6 Å². The molecule has 0 spiro atoms. The van der Waals surface area contributed by atoms with Crippen LogP contribution in [0.3, 0.4) is 0 Å². The van der Waals surface area contributed by atoms with Crippen molar-refractivity contribution in [2.24, 2.45) is 0 Å². The fourth-order valence-electron chi connectivity index (χ4n) is 1.89. The molecule has 0 atom stereocenters. The summed E-state index contributed by atoms with van der Waals surface area (Å²) in [5.74, 6) is -1.33. The van der Waals surface area contributed by atoms with Gasteiger partial charge in [-0.3, -0.25) is 4.79 Å². The van der Waals surface area contributed by atoms with E-state index in [-0.39, 0.29) is 17.9 Å². The molecule has 0 aliphatic rings. The zero-order valence-electron chi connectivity index (χ0n) is 12.3. The molecule has 0 aliphatic heterocycles. The van der Waals surface area contributed by atoms with E-state index in [1.807, 2.05) is 6.92 Å². The number of nitrogens with zero attached hydrogens (tertiary/aromatic N) is 5. The van der Waals surface area contributed by atoms with Crippen molar-refractivity contribution in [1.29, 1.82) is 0 Å². The molecule has 3 rings (SSSR count). The Morgan fingerprint density at radius 2 is 1.96 bits per heavy atom. The molecule has 0 bridgehead atoms. The monoisotopic (exact) mass is 337 g/mol. The quantitative estimate of drug-likeness (QED) is 0.727. The number of hydrogen-bond donors (Lipinski definition) is 0. The van der Waals surface area contributed by atoms with Crippen molar-refractivity contribution in [3.05, 3.63) is 58.4 Å². The van der Waals surface area contributed by atoms with Gasteiger partial charge in [0.15, 0.2) is 0 Å². The SMILES string of the molecule is Cc1cnc(Cn2ccc(-c3noc(C(F)(F)F)n3)cc2=O)nc1. The fraction of sp³-hybridized carbons (Fsp3) is 0.214. The molecule has 0 radical (unpaired) electrons. The lowest BCUT2D eigenvalue weighted by Gasteiger charge is -2.05. The average Bonchev–Trinajstić information content (AvgIpc) is 3.01. The van der Waals surface area contributed by atoms with E-state index in [9.17, 15) is 18.0 Å². The van der Waals surface area contributed by atoms with Crippen molar-refractivity contribution in [2.45, 2.75) is 19.6 Å². The molecular formula is C14H10F3N5O2. The molecule has 0 aliphatic carbocycles. The van der Waals surface area contributed by atoms with Gasteiger partial charge in [0.2, 0.25) is 5.82 Å². The maximum Gasteiger partial charge on any atom is 0.471 e. The molecule has 0 unspecified atom stereocenters. The number of hydrogen-bond acceptors (Lipinski definition) is 6. The van der Waals surface area contributed by atoms with Crippen LogP contribution in [0, 0.1) is 6.92 Å². The van der Waals surface area contributed by atoms with Crippen molar-refractivity contribution < 1.29 is 17.7 Å².